The molecule has 3 heteroatoms. The summed E-state index contributed by atoms with van der Waals surface area (Å²) in [6.45, 7) is 0. The Morgan fingerprint density at radius 3 is 1.25 bits per heavy atom. The third kappa shape index (κ3) is 5.98. The molecule has 0 saturated heterocycles. The summed E-state index contributed by atoms with van der Waals surface area (Å²) in [5, 5.41) is 4.51. The van der Waals surface area contributed by atoms with Crippen LogP contribution in [0.1, 0.15) is 0 Å². The molecule has 0 amide bonds. The predicted octanol–water partition coefficient (Wildman–Crippen LogP) is 15.0. The van der Waals surface area contributed by atoms with Gasteiger partial charge in [0.15, 0.2) is 0 Å². The van der Waals surface area contributed by atoms with E-state index in [1.54, 1.807) is 0 Å². The lowest BCUT2D eigenvalue weighted by Crippen LogP contribution is -2.10. The van der Waals surface area contributed by atoms with Gasteiger partial charge in [-0.15, -0.1) is 0 Å². The van der Waals surface area contributed by atoms with Crippen LogP contribution >= 0.6 is 0 Å². The summed E-state index contributed by atoms with van der Waals surface area (Å²) in [6.07, 6.45) is 0. The Labute approximate surface area is 320 Å². The van der Waals surface area contributed by atoms with Crippen LogP contribution in [0.25, 0.3) is 55.0 Å². The van der Waals surface area contributed by atoms with Gasteiger partial charge in [-0.05, 0) is 88.3 Å². The third-order valence-electron chi connectivity index (χ3n) is 10.4. The van der Waals surface area contributed by atoms with Crippen LogP contribution in [0, 0.1) is 0 Å². The van der Waals surface area contributed by atoms with E-state index in [4.69, 9.17) is 4.42 Å². The molecule has 0 fully saturated rings. The second-order valence-corrected chi connectivity index (χ2v) is 13.8. The van der Waals surface area contributed by atoms with Crippen LogP contribution in [0.5, 0.6) is 0 Å². The van der Waals surface area contributed by atoms with Gasteiger partial charge in [0.25, 0.3) is 0 Å². The molecule has 55 heavy (non-hydrogen) atoms. The molecule has 0 aliphatic heterocycles. The number of anilines is 6. The van der Waals surface area contributed by atoms with Gasteiger partial charge in [0.05, 0.1) is 5.69 Å². The zero-order valence-corrected chi connectivity index (χ0v) is 30.1. The van der Waals surface area contributed by atoms with Crippen molar-refractivity contribution in [2.75, 3.05) is 9.80 Å². The number of furan rings is 1. The number of para-hydroxylation sites is 2. The van der Waals surface area contributed by atoms with E-state index in [1.165, 1.54) is 22.3 Å². The lowest BCUT2D eigenvalue weighted by molar-refractivity contribution is 0.669. The van der Waals surface area contributed by atoms with E-state index in [1.807, 2.05) is 0 Å². The standard InChI is InChI=1S/C52H36N2O/c1-5-15-37(16-6-1)39-25-29-43(30-26-39)53(41-19-9-3-10-20-41)45-33-34-48-50(35-45)55-51-36-49(46-23-13-14-24-47(46)52(48)51)54(42-21-11-4-12-22-42)44-31-27-40(28-32-44)38-17-7-2-8-18-38/h1-36H. The first kappa shape index (κ1) is 32.3. The number of benzene rings is 9. The maximum atomic E-state index is 6.89. The van der Waals surface area contributed by atoms with E-state index < -0.39 is 0 Å². The van der Waals surface area contributed by atoms with Gasteiger partial charge in [-0.2, -0.15) is 0 Å². The second-order valence-electron chi connectivity index (χ2n) is 13.8. The summed E-state index contributed by atoms with van der Waals surface area (Å²) in [5.41, 5.74) is 12.9. The van der Waals surface area contributed by atoms with E-state index in [2.05, 4.69) is 228 Å². The molecule has 0 aliphatic rings. The smallest absolute Gasteiger partial charge is 0.138 e. The fourth-order valence-electron chi connectivity index (χ4n) is 7.83. The molecule has 0 atom stereocenters. The van der Waals surface area contributed by atoms with Crippen molar-refractivity contribution in [2.24, 2.45) is 0 Å². The van der Waals surface area contributed by atoms with Crippen molar-refractivity contribution in [3.8, 4) is 22.3 Å². The Balaban J connectivity index is 1.12. The van der Waals surface area contributed by atoms with Gasteiger partial charge in [-0.3, -0.25) is 0 Å². The first-order valence-corrected chi connectivity index (χ1v) is 18.7. The maximum absolute atomic E-state index is 6.89. The van der Waals surface area contributed by atoms with Crippen LogP contribution < -0.4 is 9.80 Å². The van der Waals surface area contributed by atoms with Crippen LogP contribution in [0.15, 0.2) is 223 Å². The van der Waals surface area contributed by atoms with Crippen molar-refractivity contribution in [2.45, 2.75) is 0 Å². The Bertz CT molecular complexity index is 2890. The van der Waals surface area contributed by atoms with Gasteiger partial charge in [0, 0.05) is 56.7 Å². The van der Waals surface area contributed by atoms with E-state index in [0.29, 0.717) is 0 Å². The highest BCUT2D eigenvalue weighted by Crippen LogP contribution is 2.46. The van der Waals surface area contributed by atoms with Gasteiger partial charge >= 0.3 is 0 Å². The van der Waals surface area contributed by atoms with Crippen molar-refractivity contribution in [3.63, 3.8) is 0 Å². The fraction of sp³-hybridized carbons (Fsp3) is 0. The normalized spacial score (nSPS) is 11.3. The second kappa shape index (κ2) is 13.9. The largest absolute Gasteiger partial charge is 0.456 e. The Kier molecular flexibility index (Phi) is 8.16. The molecule has 10 aromatic rings. The highest BCUT2D eigenvalue weighted by atomic mass is 16.3. The number of hydrogen-bond donors (Lipinski definition) is 0. The Morgan fingerprint density at radius 2 is 0.691 bits per heavy atom. The zero-order valence-electron chi connectivity index (χ0n) is 30.1. The number of nitrogens with zero attached hydrogens (tertiary/aromatic N) is 2. The van der Waals surface area contributed by atoms with E-state index in [0.717, 1.165) is 66.8 Å². The molecule has 0 unspecified atom stereocenters. The quantitative estimate of drug-likeness (QED) is 0.157. The molecular formula is C52H36N2O. The van der Waals surface area contributed by atoms with Crippen molar-refractivity contribution >= 4 is 66.8 Å². The average molecular weight is 705 g/mol. The van der Waals surface area contributed by atoms with Crippen LogP contribution in [-0.2, 0) is 0 Å². The molecule has 260 valence electrons. The van der Waals surface area contributed by atoms with E-state index in [-0.39, 0.29) is 0 Å². The lowest BCUT2D eigenvalue weighted by Gasteiger charge is -2.27. The Hall–Kier alpha value is -7.36. The molecule has 0 saturated carbocycles. The van der Waals surface area contributed by atoms with E-state index in [9.17, 15) is 0 Å². The maximum Gasteiger partial charge on any atom is 0.138 e. The van der Waals surface area contributed by atoms with Crippen molar-refractivity contribution < 1.29 is 4.42 Å². The molecule has 9 aromatic carbocycles. The minimum atomic E-state index is 0.843. The molecule has 0 radical (unpaired) electrons. The molecule has 1 heterocycles. The average Bonchev–Trinajstić information content (AvgIpc) is 3.64. The number of hydrogen-bond acceptors (Lipinski definition) is 3. The molecule has 0 aliphatic carbocycles. The SMILES string of the molecule is c1ccc(-c2ccc(N(c3ccccc3)c3ccc4c(c3)oc3cc(N(c5ccccc5)c5ccc(-c6ccccc6)cc5)c5ccccc5c34)cc2)cc1. The predicted molar refractivity (Wildman–Crippen MR) is 231 cm³/mol. The zero-order chi connectivity index (χ0) is 36.6. The van der Waals surface area contributed by atoms with Crippen molar-refractivity contribution in [1.82, 2.24) is 0 Å². The first-order chi connectivity index (χ1) is 27.3. The molecule has 10 rings (SSSR count). The summed E-state index contributed by atoms with van der Waals surface area (Å²) in [4.78, 5) is 4.63. The highest BCUT2D eigenvalue weighted by molar-refractivity contribution is 6.22. The van der Waals surface area contributed by atoms with Crippen molar-refractivity contribution in [3.05, 3.63) is 218 Å². The van der Waals surface area contributed by atoms with Gasteiger partial charge < -0.3 is 14.2 Å². The monoisotopic (exact) mass is 704 g/mol. The number of fused-ring (bicyclic) bond motifs is 5. The van der Waals surface area contributed by atoms with Crippen molar-refractivity contribution in [1.29, 1.82) is 0 Å². The summed E-state index contributed by atoms with van der Waals surface area (Å²) < 4.78 is 6.89. The van der Waals surface area contributed by atoms with Gasteiger partial charge in [0.1, 0.15) is 11.2 Å². The molecule has 0 spiro atoms. The summed E-state index contributed by atoms with van der Waals surface area (Å²) in [5.74, 6) is 0. The van der Waals surface area contributed by atoms with Gasteiger partial charge in [-0.25, -0.2) is 0 Å². The highest BCUT2D eigenvalue weighted by Gasteiger charge is 2.21. The summed E-state index contributed by atoms with van der Waals surface area (Å²) in [6, 6.07) is 77.3. The molecule has 1 aromatic heterocycles. The molecule has 0 bridgehead atoms. The minimum Gasteiger partial charge on any atom is -0.456 e. The minimum absolute atomic E-state index is 0.843. The van der Waals surface area contributed by atoms with Crippen LogP contribution in [-0.4, -0.2) is 0 Å². The van der Waals surface area contributed by atoms with Crippen LogP contribution in [0.3, 0.4) is 0 Å². The Morgan fingerprint density at radius 1 is 0.273 bits per heavy atom. The lowest BCUT2D eigenvalue weighted by atomic mass is 10.00. The van der Waals surface area contributed by atoms with Crippen LogP contribution in [0.4, 0.5) is 34.1 Å². The third-order valence-corrected chi connectivity index (χ3v) is 10.4. The summed E-state index contributed by atoms with van der Waals surface area (Å²) in [7, 11) is 0. The molecule has 0 N–H and O–H groups in total. The van der Waals surface area contributed by atoms with Gasteiger partial charge in [-0.1, -0.05) is 146 Å². The van der Waals surface area contributed by atoms with Crippen LogP contribution in [0.2, 0.25) is 0 Å². The van der Waals surface area contributed by atoms with Gasteiger partial charge in [0.2, 0.25) is 0 Å². The summed E-state index contributed by atoms with van der Waals surface area (Å²) >= 11 is 0. The first-order valence-electron chi connectivity index (χ1n) is 18.7. The fourth-order valence-corrected chi connectivity index (χ4v) is 7.83. The molecular weight excluding hydrogens is 669 g/mol. The molecule has 3 nitrogen and oxygen atoms in total. The van der Waals surface area contributed by atoms with E-state index >= 15 is 0 Å². The number of rotatable bonds is 8. The topological polar surface area (TPSA) is 19.6 Å².